The van der Waals surface area contributed by atoms with Crippen LogP contribution in [0.25, 0.3) is 0 Å². The molecule has 2 nitrogen and oxygen atoms in total. The van der Waals surface area contributed by atoms with Crippen LogP contribution in [-0.2, 0) is 16.0 Å². The molecule has 1 aromatic carbocycles. The van der Waals surface area contributed by atoms with Gasteiger partial charge in [-0.3, -0.25) is 4.79 Å². The number of ether oxygens (including phenoxy) is 1. The standard InChI is InChI=1S/C15H18ClFO2/c16-14-7-2-8-15(17)13(14)10-11(18)4-1-5-12-6-3-9-19-12/h2,7-8,12H,1,3-6,9-10H2. The van der Waals surface area contributed by atoms with Crippen LogP contribution in [0.2, 0.25) is 5.02 Å². The molecule has 1 saturated heterocycles. The van der Waals surface area contributed by atoms with Crippen molar-refractivity contribution in [2.45, 2.75) is 44.6 Å². The quantitative estimate of drug-likeness (QED) is 0.791. The Morgan fingerprint density at radius 3 is 3.00 bits per heavy atom. The minimum Gasteiger partial charge on any atom is -0.378 e. The minimum atomic E-state index is -0.403. The summed E-state index contributed by atoms with van der Waals surface area (Å²) < 4.78 is 19.0. The third kappa shape index (κ3) is 4.29. The highest BCUT2D eigenvalue weighted by Crippen LogP contribution is 2.21. The predicted molar refractivity (Wildman–Crippen MR) is 72.9 cm³/mol. The van der Waals surface area contributed by atoms with Crippen LogP contribution < -0.4 is 0 Å². The van der Waals surface area contributed by atoms with E-state index in [1.807, 2.05) is 0 Å². The van der Waals surface area contributed by atoms with Crippen molar-refractivity contribution in [3.05, 3.63) is 34.6 Å². The van der Waals surface area contributed by atoms with E-state index in [9.17, 15) is 9.18 Å². The summed E-state index contributed by atoms with van der Waals surface area (Å²) >= 11 is 5.90. The predicted octanol–water partition coefficient (Wildman–Crippen LogP) is 3.94. The highest BCUT2D eigenvalue weighted by atomic mass is 35.5. The average Bonchev–Trinajstić information content (AvgIpc) is 2.87. The van der Waals surface area contributed by atoms with Crippen molar-refractivity contribution in [3.8, 4) is 0 Å². The van der Waals surface area contributed by atoms with Gasteiger partial charge in [-0.05, 0) is 37.8 Å². The Kier molecular flexibility index (Phi) is 5.34. The lowest BCUT2D eigenvalue weighted by Gasteiger charge is -2.09. The Morgan fingerprint density at radius 2 is 2.32 bits per heavy atom. The summed E-state index contributed by atoms with van der Waals surface area (Å²) in [4.78, 5) is 11.8. The molecule has 0 bridgehead atoms. The molecule has 1 heterocycles. The largest absolute Gasteiger partial charge is 0.378 e. The Bertz CT molecular complexity index is 422. The Hall–Kier alpha value is -0.930. The molecule has 1 atom stereocenters. The third-order valence-electron chi connectivity index (χ3n) is 3.44. The van der Waals surface area contributed by atoms with Gasteiger partial charge in [0.25, 0.3) is 0 Å². The molecule has 4 heteroatoms. The zero-order valence-corrected chi connectivity index (χ0v) is 11.6. The lowest BCUT2D eigenvalue weighted by molar-refractivity contribution is -0.118. The van der Waals surface area contributed by atoms with Crippen molar-refractivity contribution in [1.29, 1.82) is 0 Å². The Balaban J connectivity index is 1.77. The van der Waals surface area contributed by atoms with E-state index in [0.29, 0.717) is 23.1 Å². The monoisotopic (exact) mass is 284 g/mol. The van der Waals surface area contributed by atoms with Gasteiger partial charge >= 0.3 is 0 Å². The number of halogens is 2. The molecule has 1 aliphatic rings. The number of benzene rings is 1. The average molecular weight is 285 g/mol. The zero-order chi connectivity index (χ0) is 13.7. The highest BCUT2D eigenvalue weighted by Gasteiger charge is 2.16. The number of Topliss-reactive ketones (excluding diaryl/α,β-unsaturated/α-hetero) is 1. The molecular formula is C15H18ClFO2. The van der Waals surface area contributed by atoms with Gasteiger partial charge in [0.2, 0.25) is 0 Å². The normalized spacial score (nSPS) is 18.7. The van der Waals surface area contributed by atoms with E-state index in [2.05, 4.69) is 0 Å². The first kappa shape index (κ1) is 14.5. The van der Waals surface area contributed by atoms with Gasteiger partial charge in [-0.25, -0.2) is 4.39 Å². The van der Waals surface area contributed by atoms with E-state index < -0.39 is 5.82 Å². The van der Waals surface area contributed by atoms with Gasteiger partial charge in [-0.15, -0.1) is 0 Å². The van der Waals surface area contributed by atoms with Crippen LogP contribution in [0.4, 0.5) is 4.39 Å². The number of carbonyl (C=O) groups is 1. The van der Waals surface area contributed by atoms with Crippen LogP contribution in [-0.4, -0.2) is 18.5 Å². The van der Waals surface area contributed by atoms with Gasteiger partial charge < -0.3 is 4.74 Å². The van der Waals surface area contributed by atoms with Crippen LogP contribution in [0.5, 0.6) is 0 Å². The van der Waals surface area contributed by atoms with Crippen molar-refractivity contribution in [2.75, 3.05) is 6.61 Å². The number of hydrogen-bond donors (Lipinski definition) is 0. The number of ketones is 1. The first-order valence-electron chi connectivity index (χ1n) is 6.73. The van der Waals surface area contributed by atoms with Crippen molar-refractivity contribution >= 4 is 17.4 Å². The molecule has 1 fully saturated rings. The smallest absolute Gasteiger partial charge is 0.137 e. The fourth-order valence-electron chi connectivity index (χ4n) is 2.39. The zero-order valence-electron chi connectivity index (χ0n) is 10.8. The molecule has 1 aliphatic heterocycles. The first-order chi connectivity index (χ1) is 9.16. The number of hydrogen-bond acceptors (Lipinski definition) is 2. The molecule has 0 spiro atoms. The van der Waals surface area contributed by atoms with Gasteiger partial charge in [-0.1, -0.05) is 17.7 Å². The molecule has 0 N–H and O–H groups in total. The Labute approximate surface area is 117 Å². The second-order valence-electron chi connectivity index (χ2n) is 4.94. The van der Waals surface area contributed by atoms with Crippen molar-refractivity contribution in [1.82, 2.24) is 0 Å². The summed E-state index contributed by atoms with van der Waals surface area (Å²) in [5.74, 6) is -0.370. The molecule has 2 rings (SSSR count). The van der Waals surface area contributed by atoms with Crippen LogP contribution in [0.3, 0.4) is 0 Å². The molecule has 1 unspecified atom stereocenters. The number of carbonyl (C=O) groups excluding carboxylic acids is 1. The summed E-state index contributed by atoms with van der Waals surface area (Å²) in [7, 11) is 0. The van der Waals surface area contributed by atoms with Gasteiger partial charge in [0.15, 0.2) is 0 Å². The third-order valence-corrected chi connectivity index (χ3v) is 3.80. The second-order valence-corrected chi connectivity index (χ2v) is 5.35. The van der Waals surface area contributed by atoms with E-state index >= 15 is 0 Å². The summed E-state index contributed by atoms with van der Waals surface area (Å²) in [6.07, 6.45) is 4.77. The maximum absolute atomic E-state index is 13.5. The van der Waals surface area contributed by atoms with Crippen molar-refractivity contribution < 1.29 is 13.9 Å². The topological polar surface area (TPSA) is 26.3 Å². The molecule has 0 saturated carbocycles. The SMILES string of the molecule is O=C(CCCC1CCCO1)Cc1c(F)cccc1Cl. The molecule has 1 aromatic rings. The van der Waals surface area contributed by atoms with Crippen LogP contribution in [0.15, 0.2) is 18.2 Å². The van der Waals surface area contributed by atoms with E-state index in [4.69, 9.17) is 16.3 Å². The van der Waals surface area contributed by atoms with E-state index in [1.165, 1.54) is 6.07 Å². The second kappa shape index (κ2) is 7.01. The van der Waals surface area contributed by atoms with Gasteiger partial charge in [0.05, 0.1) is 6.10 Å². The molecule has 0 radical (unpaired) electrons. The van der Waals surface area contributed by atoms with E-state index in [0.717, 1.165) is 32.3 Å². The van der Waals surface area contributed by atoms with Crippen LogP contribution >= 0.6 is 11.6 Å². The maximum atomic E-state index is 13.5. The molecule has 0 amide bonds. The molecule has 0 aromatic heterocycles. The maximum Gasteiger partial charge on any atom is 0.137 e. The van der Waals surface area contributed by atoms with Gasteiger partial charge in [0, 0.05) is 30.0 Å². The molecule has 104 valence electrons. The lowest BCUT2D eigenvalue weighted by atomic mass is 10.0. The van der Waals surface area contributed by atoms with Crippen LogP contribution in [0, 0.1) is 5.82 Å². The summed E-state index contributed by atoms with van der Waals surface area (Å²) in [6.45, 7) is 0.837. The van der Waals surface area contributed by atoms with Crippen LogP contribution in [0.1, 0.15) is 37.7 Å². The fourth-order valence-corrected chi connectivity index (χ4v) is 2.62. The van der Waals surface area contributed by atoms with E-state index in [1.54, 1.807) is 12.1 Å². The lowest BCUT2D eigenvalue weighted by Crippen LogP contribution is -2.08. The number of rotatable bonds is 6. The summed E-state index contributed by atoms with van der Waals surface area (Å²) in [6, 6.07) is 4.49. The van der Waals surface area contributed by atoms with E-state index in [-0.39, 0.29) is 12.2 Å². The summed E-state index contributed by atoms with van der Waals surface area (Å²) in [5.41, 5.74) is 0.311. The minimum absolute atomic E-state index is 0.0324. The highest BCUT2D eigenvalue weighted by molar-refractivity contribution is 6.31. The first-order valence-corrected chi connectivity index (χ1v) is 7.11. The fraction of sp³-hybridized carbons (Fsp3) is 0.533. The summed E-state index contributed by atoms with van der Waals surface area (Å²) in [5, 5.41) is 0.326. The van der Waals surface area contributed by atoms with Gasteiger partial charge in [0.1, 0.15) is 11.6 Å². The van der Waals surface area contributed by atoms with Crippen molar-refractivity contribution in [2.24, 2.45) is 0 Å². The molecule has 19 heavy (non-hydrogen) atoms. The Morgan fingerprint density at radius 1 is 1.47 bits per heavy atom. The van der Waals surface area contributed by atoms with Crippen molar-refractivity contribution in [3.63, 3.8) is 0 Å². The van der Waals surface area contributed by atoms with Gasteiger partial charge in [-0.2, -0.15) is 0 Å². The molecular weight excluding hydrogens is 267 g/mol. The molecule has 0 aliphatic carbocycles.